The van der Waals surface area contributed by atoms with Gasteiger partial charge in [0, 0.05) is 0 Å². The number of rotatable bonds is 4. The Morgan fingerprint density at radius 1 is 1.75 bits per heavy atom. The van der Waals surface area contributed by atoms with Gasteiger partial charge in [-0.1, -0.05) is 5.10 Å². The Balaban J connectivity index is 2.70. The highest BCUT2D eigenvalue weighted by Gasteiger charge is 2.13. The molecule has 66 valence electrons. The first-order valence-electron chi connectivity index (χ1n) is 3.62. The van der Waals surface area contributed by atoms with E-state index in [9.17, 15) is 10.1 Å². The van der Waals surface area contributed by atoms with Crippen LogP contribution in [0, 0.1) is 10.1 Å². The van der Waals surface area contributed by atoms with Gasteiger partial charge in [0.15, 0.2) is 0 Å². The molecule has 1 aromatic heterocycles. The zero-order chi connectivity index (χ0) is 8.97. The van der Waals surface area contributed by atoms with E-state index in [0.29, 0.717) is 18.5 Å². The highest BCUT2D eigenvalue weighted by molar-refractivity contribution is 5.29. The molecule has 0 atom stereocenters. The lowest BCUT2D eigenvalue weighted by molar-refractivity contribution is -0.390. The predicted molar refractivity (Wildman–Crippen MR) is 42.6 cm³/mol. The van der Waals surface area contributed by atoms with E-state index >= 15 is 0 Å². The number of H-pyrrole nitrogens is 1. The molecule has 12 heavy (non-hydrogen) atoms. The molecule has 0 saturated heterocycles. The van der Waals surface area contributed by atoms with Gasteiger partial charge >= 0.3 is 5.82 Å². The second-order valence-electron chi connectivity index (χ2n) is 2.39. The Morgan fingerprint density at radius 3 is 3.08 bits per heavy atom. The number of aromatic amines is 1. The van der Waals surface area contributed by atoms with Crippen molar-refractivity contribution in [2.45, 2.75) is 12.8 Å². The van der Waals surface area contributed by atoms with Crippen LogP contribution in [0.25, 0.3) is 0 Å². The quantitative estimate of drug-likeness (QED) is 0.498. The number of aromatic nitrogens is 2. The summed E-state index contributed by atoms with van der Waals surface area (Å²) < 4.78 is 0. The van der Waals surface area contributed by atoms with Crippen LogP contribution in [0.5, 0.6) is 0 Å². The van der Waals surface area contributed by atoms with E-state index in [-0.39, 0.29) is 5.82 Å². The number of nitrogens with one attached hydrogen (secondary N) is 1. The summed E-state index contributed by atoms with van der Waals surface area (Å²) in [4.78, 5) is 9.88. The fraction of sp³-hybridized carbons (Fsp3) is 0.500. The van der Waals surface area contributed by atoms with Crippen molar-refractivity contribution in [3.8, 4) is 0 Å². The molecular weight excluding hydrogens is 160 g/mol. The van der Waals surface area contributed by atoms with Crippen LogP contribution in [0.1, 0.15) is 12.0 Å². The van der Waals surface area contributed by atoms with Crippen LogP contribution >= 0.6 is 0 Å². The van der Waals surface area contributed by atoms with Crippen LogP contribution in [0.3, 0.4) is 0 Å². The molecule has 1 heterocycles. The average Bonchev–Trinajstić information content (AvgIpc) is 2.48. The number of hydrogen-bond acceptors (Lipinski definition) is 4. The fourth-order valence-electron chi connectivity index (χ4n) is 0.938. The molecule has 0 aliphatic rings. The first kappa shape index (κ1) is 8.66. The molecule has 0 amide bonds. The third-order valence-corrected chi connectivity index (χ3v) is 1.53. The lowest BCUT2D eigenvalue weighted by Crippen LogP contribution is -2.01. The van der Waals surface area contributed by atoms with Crippen LogP contribution in [-0.4, -0.2) is 21.7 Å². The summed E-state index contributed by atoms with van der Waals surface area (Å²) >= 11 is 0. The summed E-state index contributed by atoms with van der Waals surface area (Å²) in [6, 6.07) is 0. The second kappa shape index (κ2) is 3.82. The van der Waals surface area contributed by atoms with Crippen LogP contribution in [0.15, 0.2) is 6.20 Å². The lowest BCUT2D eigenvalue weighted by Gasteiger charge is -1.94. The summed E-state index contributed by atoms with van der Waals surface area (Å²) in [5.41, 5.74) is 5.89. The number of nitrogens with zero attached hydrogens (tertiary/aromatic N) is 2. The van der Waals surface area contributed by atoms with Gasteiger partial charge in [-0.25, -0.2) is 0 Å². The molecule has 0 aromatic carbocycles. The maximum Gasteiger partial charge on any atom is 0.345 e. The molecule has 0 radical (unpaired) electrons. The summed E-state index contributed by atoms with van der Waals surface area (Å²) in [6.45, 7) is 0.530. The van der Waals surface area contributed by atoms with Crippen LogP contribution < -0.4 is 5.73 Å². The van der Waals surface area contributed by atoms with Crippen molar-refractivity contribution in [2.24, 2.45) is 5.73 Å². The summed E-state index contributed by atoms with van der Waals surface area (Å²) in [6.07, 6.45) is 2.80. The van der Waals surface area contributed by atoms with Crippen LogP contribution in [0.4, 0.5) is 5.82 Å². The van der Waals surface area contributed by atoms with Gasteiger partial charge in [0.1, 0.15) is 0 Å². The van der Waals surface area contributed by atoms with Gasteiger partial charge in [-0.2, -0.15) is 0 Å². The van der Waals surface area contributed by atoms with Crippen LogP contribution in [0.2, 0.25) is 0 Å². The molecular formula is C6H10N4O2. The molecule has 0 aliphatic heterocycles. The third-order valence-electron chi connectivity index (χ3n) is 1.53. The normalized spacial score (nSPS) is 10.1. The topological polar surface area (TPSA) is 97.8 Å². The van der Waals surface area contributed by atoms with Gasteiger partial charge in [-0.05, 0) is 24.3 Å². The Labute approximate surface area is 68.9 Å². The maximum absolute atomic E-state index is 10.3. The van der Waals surface area contributed by atoms with E-state index in [1.165, 1.54) is 6.20 Å². The van der Waals surface area contributed by atoms with Crippen molar-refractivity contribution in [1.82, 2.24) is 10.2 Å². The predicted octanol–water partition coefficient (Wildman–Crippen LogP) is 0.209. The van der Waals surface area contributed by atoms with Crippen molar-refractivity contribution >= 4 is 5.82 Å². The smallest absolute Gasteiger partial charge is 0.345 e. The monoisotopic (exact) mass is 170 g/mol. The minimum Gasteiger partial charge on any atom is -0.358 e. The number of aryl methyl sites for hydroxylation is 1. The van der Waals surface area contributed by atoms with Crippen molar-refractivity contribution in [2.75, 3.05) is 6.54 Å². The summed E-state index contributed by atoms with van der Waals surface area (Å²) in [5.74, 6) is -0.0246. The zero-order valence-electron chi connectivity index (χ0n) is 6.49. The van der Waals surface area contributed by atoms with E-state index in [1.807, 2.05) is 0 Å². The first-order valence-corrected chi connectivity index (χ1v) is 3.62. The van der Waals surface area contributed by atoms with E-state index < -0.39 is 4.92 Å². The summed E-state index contributed by atoms with van der Waals surface area (Å²) in [5, 5.41) is 16.3. The Bertz CT molecular complexity index is 270. The molecule has 0 bridgehead atoms. The average molecular weight is 170 g/mol. The molecule has 0 aliphatic carbocycles. The SMILES string of the molecule is NCCCc1cn[nH]c1[N+](=O)[O-]. The van der Waals surface area contributed by atoms with E-state index in [0.717, 1.165) is 6.42 Å². The molecule has 0 unspecified atom stereocenters. The number of nitro groups is 1. The van der Waals surface area contributed by atoms with E-state index in [4.69, 9.17) is 5.73 Å². The Hall–Kier alpha value is -1.43. The molecule has 0 spiro atoms. The van der Waals surface area contributed by atoms with Gasteiger partial charge in [0.05, 0.1) is 11.8 Å². The molecule has 3 N–H and O–H groups in total. The second-order valence-corrected chi connectivity index (χ2v) is 2.39. The van der Waals surface area contributed by atoms with Crippen molar-refractivity contribution in [3.63, 3.8) is 0 Å². The minimum absolute atomic E-state index is 0.0246. The van der Waals surface area contributed by atoms with Crippen LogP contribution in [-0.2, 0) is 6.42 Å². The molecule has 1 rings (SSSR count). The molecule has 1 aromatic rings. The standard InChI is InChI=1S/C6H10N4O2/c7-3-1-2-5-4-8-9-6(5)10(11)12/h4H,1-3,7H2,(H,8,9). The zero-order valence-corrected chi connectivity index (χ0v) is 6.49. The maximum atomic E-state index is 10.3. The number of hydrogen-bond donors (Lipinski definition) is 2. The van der Waals surface area contributed by atoms with Crippen molar-refractivity contribution in [1.29, 1.82) is 0 Å². The Kier molecular flexibility index (Phi) is 2.76. The van der Waals surface area contributed by atoms with Crippen molar-refractivity contribution in [3.05, 3.63) is 21.9 Å². The Morgan fingerprint density at radius 2 is 2.50 bits per heavy atom. The fourth-order valence-corrected chi connectivity index (χ4v) is 0.938. The largest absolute Gasteiger partial charge is 0.358 e. The van der Waals surface area contributed by atoms with E-state index in [1.54, 1.807) is 0 Å². The highest BCUT2D eigenvalue weighted by atomic mass is 16.6. The molecule has 0 fully saturated rings. The van der Waals surface area contributed by atoms with Gasteiger partial charge in [-0.15, -0.1) is 5.10 Å². The van der Waals surface area contributed by atoms with Gasteiger partial charge in [-0.3, -0.25) is 0 Å². The third kappa shape index (κ3) is 1.79. The lowest BCUT2D eigenvalue weighted by atomic mass is 10.2. The molecule has 6 heteroatoms. The first-order chi connectivity index (χ1) is 5.75. The number of nitrogens with two attached hydrogens (primary N) is 1. The molecule has 6 nitrogen and oxygen atoms in total. The van der Waals surface area contributed by atoms with Crippen molar-refractivity contribution < 1.29 is 4.92 Å². The highest BCUT2D eigenvalue weighted by Crippen LogP contribution is 2.14. The van der Waals surface area contributed by atoms with Gasteiger partial charge in [0.25, 0.3) is 0 Å². The van der Waals surface area contributed by atoms with Gasteiger partial charge < -0.3 is 15.8 Å². The summed E-state index contributed by atoms with van der Waals surface area (Å²) in [7, 11) is 0. The molecule has 0 saturated carbocycles. The van der Waals surface area contributed by atoms with E-state index in [2.05, 4.69) is 10.2 Å². The minimum atomic E-state index is -0.473. The van der Waals surface area contributed by atoms with Gasteiger partial charge in [0.2, 0.25) is 0 Å².